The van der Waals surface area contributed by atoms with Crippen molar-refractivity contribution in [3.8, 4) is 11.5 Å². The minimum Gasteiger partial charge on any atom is -0.490 e. The van der Waals surface area contributed by atoms with Gasteiger partial charge in [-0.25, -0.2) is 4.39 Å². The number of ether oxygens (including phenoxy) is 2. The maximum Gasteiger partial charge on any atom is 0.197 e. The van der Waals surface area contributed by atoms with E-state index in [0.29, 0.717) is 23.1 Å². The molecule has 2 atom stereocenters. The summed E-state index contributed by atoms with van der Waals surface area (Å²) in [4.78, 5) is 0. The van der Waals surface area contributed by atoms with Crippen molar-refractivity contribution in [2.45, 2.75) is 19.2 Å². The number of halogens is 2. The molecule has 0 spiro atoms. The van der Waals surface area contributed by atoms with Crippen molar-refractivity contribution >= 4 is 17.3 Å². The van der Waals surface area contributed by atoms with E-state index < -0.39 is 6.23 Å². The number of para-hydroxylation sites is 1. The van der Waals surface area contributed by atoms with Crippen LogP contribution in [0.5, 0.6) is 11.5 Å². The number of hydrogen-bond acceptors (Lipinski definition) is 4. The Morgan fingerprint density at radius 1 is 1.03 bits per heavy atom. The Balaban J connectivity index is 1.62. The molecule has 2 aliphatic heterocycles. The lowest BCUT2D eigenvalue weighted by atomic mass is 10.00. The molecule has 1 N–H and O–H groups in total. The quantitative estimate of drug-likeness (QED) is 0.570. The van der Waals surface area contributed by atoms with Gasteiger partial charge in [-0.1, -0.05) is 41.9 Å². The SMILES string of the molecule is CCOc1cccc2c1OC(c1ccccc1Cl)N1NC(c3ccc(F)cc3)=CC21. The first-order valence-corrected chi connectivity index (χ1v) is 10.2. The maximum absolute atomic E-state index is 13.4. The summed E-state index contributed by atoms with van der Waals surface area (Å²) in [7, 11) is 0. The summed E-state index contributed by atoms with van der Waals surface area (Å²) < 4.78 is 25.7. The second-order valence-electron chi connectivity index (χ2n) is 7.15. The fourth-order valence-corrected chi connectivity index (χ4v) is 4.17. The fourth-order valence-electron chi connectivity index (χ4n) is 3.94. The highest BCUT2D eigenvalue weighted by molar-refractivity contribution is 6.31. The Hall–Kier alpha value is -3.02. The van der Waals surface area contributed by atoms with Gasteiger partial charge in [-0.3, -0.25) is 0 Å². The third-order valence-electron chi connectivity index (χ3n) is 5.31. The van der Waals surface area contributed by atoms with Crippen molar-refractivity contribution < 1.29 is 13.9 Å². The van der Waals surface area contributed by atoms with Crippen LogP contribution >= 0.6 is 11.6 Å². The monoisotopic (exact) mass is 422 g/mol. The third kappa shape index (κ3) is 3.20. The van der Waals surface area contributed by atoms with Crippen LogP contribution < -0.4 is 14.9 Å². The molecule has 6 heteroatoms. The van der Waals surface area contributed by atoms with Crippen LogP contribution in [0.2, 0.25) is 5.02 Å². The highest BCUT2D eigenvalue weighted by atomic mass is 35.5. The molecule has 2 unspecified atom stereocenters. The van der Waals surface area contributed by atoms with E-state index >= 15 is 0 Å². The van der Waals surface area contributed by atoms with Crippen molar-refractivity contribution in [3.63, 3.8) is 0 Å². The third-order valence-corrected chi connectivity index (χ3v) is 5.65. The van der Waals surface area contributed by atoms with Gasteiger partial charge in [-0.05, 0) is 55.0 Å². The smallest absolute Gasteiger partial charge is 0.197 e. The summed E-state index contributed by atoms with van der Waals surface area (Å²) in [5, 5.41) is 2.65. The van der Waals surface area contributed by atoms with E-state index in [1.54, 1.807) is 12.1 Å². The van der Waals surface area contributed by atoms with Crippen LogP contribution in [-0.4, -0.2) is 11.6 Å². The number of rotatable bonds is 4. The zero-order chi connectivity index (χ0) is 20.7. The highest BCUT2D eigenvalue weighted by Crippen LogP contribution is 2.50. The van der Waals surface area contributed by atoms with Crippen LogP contribution in [0, 0.1) is 5.82 Å². The summed E-state index contributed by atoms with van der Waals surface area (Å²) in [5.74, 6) is 1.15. The number of nitrogens with one attached hydrogen (secondary N) is 1. The normalized spacial score (nSPS) is 19.9. The summed E-state index contributed by atoms with van der Waals surface area (Å²) >= 11 is 6.52. The van der Waals surface area contributed by atoms with E-state index in [1.807, 2.05) is 54.4 Å². The molecule has 0 amide bonds. The fraction of sp³-hybridized carbons (Fsp3) is 0.167. The molecule has 0 fully saturated rings. The van der Waals surface area contributed by atoms with Gasteiger partial charge in [0.05, 0.1) is 18.3 Å². The Labute approximate surface area is 179 Å². The largest absolute Gasteiger partial charge is 0.490 e. The van der Waals surface area contributed by atoms with Gasteiger partial charge in [0.1, 0.15) is 5.82 Å². The molecular formula is C24H20ClFN2O2. The minimum absolute atomic E-state index is 0.101. The van der Waals surface area contributed by atoms with Gasteiger partial charge in [0, 0.05) is 16.1 Å². The van der Waals surface area contributed by atoms with Gasteiger partial charge in [0.25, 0.3) is 0 Å². The Morgan fingerprint density at radius 2 is 1.80 bits per heavy atom. The van der Waals surface area contributed by atoms with Gasteiger partial charge in [0.2, 0.25) is 0 Å². The topological polar surface area (TPSA) is 33.7 Å². The van der Waals surface area contributed by atoms with Crippen molar-refractivity contribution in [2.75, 3.05) is 6.61 Å². The van der Waals surface area contributed by atoms with Crippen LogP contribution in [0.1, 0.15) is 35.9 Å². The first-order chi connectivity index (χ1) is 14.7. The first kappa shape index (κ1) is 19.0. The van der Waals surface area contributed by atoms with Crippen LogP contribution in [0.3, 0.4) is 0 Å². The van der Waals surface area contributed by atoms with E-state index in [2.05, 4.69) is 11.5 Å². The molecule has 3 aromatic rings. The second kappa shape index (κ2) is 7.67. The molecular weight excluding hydrogens is 403 g/mol. The molecule has 152 valence electrons. The molecule has 0 saturated carbocycles. The van der Waals surface area contributed by atoms with E-state index in [9.17, 15) is 4.39 Å². The van der Waals surface area contributed by atoms with E-state index in [-0.39, 0.29) is 11.9 Å². The average Bonchev–Trinajstić information content (AvgIpc) is 3.20. The predicted octanol–water partition coefficient (Wildman–Crippen LogP) is 5.87. The zero-order valence-corrected chi connectivity index (χ0v) is 17.1. The number of benzene rings is 3. The van der Waals surface area contributed by atoms with Crippen molar-refractivity contribution in [2.24, 2.45) is 0 Å². The Bertz CT molecular complexity index is 1120. The Morgan fingerprint density at radius 3 is 2.57 bits per heavy atom. The molecule has 0 aromatic heterocycles. The summed E-state index contributed by atoms with van der Waals surface area (Å²) in [6, 6.07) is 19.9. The van der Waals surface area contributed by atoms with E-state index in [4.69, 9.17) is 21.1 Å². The standard InChI is InChI=1S/C24H20ClFN2O2/c1-2-29-22-9-5-7-18-21-14-20(15-10-12-16(26)13-11-15)27-28(21)24(30-23(18)22)17-6-3-4-8-19(17)25/h3-14,21,24,27H,2H2,1H3. The summed E-state index contributed by atoms with van der Waals surface area (Å²) in [6.07, 6.45) is 1.65. The molecule has 2 heterocycles. The van der Waals surface area contributed by atoms with Crippen molar-refractivity contribution in [1.82, 2.24) is 10.4 Å². The minimum atomic E-state index is -0.466. The number of hydrazine groups is 1. The Kier molecular flexibility index (Phi) is 4.85. The van der Waals surface area contributed by atoms with Gasteiger partial charge < -0.3 is 14.9 Å². The van der Waals surface area contributed by atoms with E-state index in [0.717, 1.165) is 22.4 Å². The predicted molar refractivity (Wildman–Crippen MR) is 115 cm³/mol. The van der Waals surface area contributed by atoms with Crippen LogP contribution in [0.15, 0.2) is 72.8 Å². The van der Waals surface area contributed by atoms with Gasteiger partial charge >= 0.3 is 0 Å². The molecule has 2 aliphatic rings. The van der Waals surface area contributed by atoms with Gasteiger partial charge in [-0.15, -0.1) is 0 Å². The van der Waals surface area contributed by atoms with Crippen molar-refractivity contribution in [3.05, 3.63) is 100 Å². The molecule has 30 heavy (non-hydrogen) atoms. The lowest BCUT2D eigenvalue weighted by Gasteiger charge is -2.39. The molecule has 5 rings (SSSR count). The van der Waals surface area contributed by atoms with Gasteiger partial charge in [-0.2, -0.15) is 5.01 Å². The van der Waals surface area contributed by atoms with Crippen LogP contribution in [0.4, 0.5) is 4.39 Å². The maximum atomic E-state index is 13.4. The molecule has 0 bridgehead atoms. The average molecular weight is 423 g/mol. The number of fused-ring (bicyclic) bond motifs is 3. The lowest BCUT2D eigenvalue weighted by Crippen LogP contribution is -2.43. The zero-order valence-electron chi connectivity index (χ0n) is 16.3. The molecule has 4 nitrogen and oxygen atoms in total. The highest BCUT2D eigenvalue weighted by Gasteiger charge is 2.42. The molecule has 0 aliphatic carbocycles. The lowest BCUT2D eigenvalue weighted by molar-refractivity contribution is -0.0345. The summed E-state index contributed by atoms with van der Waals surface area (Å²) in [5.41, 5.74) is 7.07. The summed E-state index contributed by atoms with van der Waals surface area (Å²) in [6.45, 7) is 2.49. The molecule has 3 aromatic carbocycles. The van der Waals surface area contributed by atoms with Crippen LogP contribution in [0.25, 0.3) is 5.70 Å². The number of hydrogen-bond donors (Lipinski definition) is 1. The molecule has 0 radical (unpaired) electrons. The van der Waals surface area contributed by atoms with Crippen LogP contribution in [-0.2, 0) is 0 Å². The van der Waals surface area contributed by atoms with Crippen molar-refractivity contribution in [1.29, 1.82) is 0 Å². The number of nitrogens with zero attached hydrogens (tertiary/aromatic N) is 1. The van der Waals surface area contributed by atoms with Gasteiger partial charge in [0.15, 0.2) is 17.7 Å². The second-order valence-corrected chi connectivity index (χ2v) is 7.56. The van der Waals surface area contributed by atoms with E-state index in [1.165, 1.54) is 12.1 Å². The first-order valence-electron chi connectivity index (χ1n) is 9.85. The molecule has 0 saturated heterocycles.